The molecule has 0 aliphatic heterocycles. The number of amidine groups is 1. The largest absolute Gasteiger partial charge is 0.384 e. The summed E-state index contributed by atoms with van der Waals surface area (Å²) in [4.78, 5) is 31.3. The predicted molar refractivity (Wildman–Crippen MR) is 179 cm³/mol. The number of amides is 2. The molecule has 0 aliphatic carbocycles. The van der Waals surface area contributed by atoms with Crippen molar-refractivity contribution in [3.8, 4) is 0 Å². The van der Waals surface area contributed by atoms with Gasteiger partial charge in [0, 0.05) is 24.5 Å². The Morgan fingerprint density at radius 2 is 1.33 bits per heavy atom. The molecular weight excluding hydrogens is 600 g/mol. The number of nitrogen functional groups attached to an aromatic ring is 1. The Labute approximate surface area is 270 Å². The second-order valence-corrected chi connectivity index (χ2v) is 12.8. The summed E-state index contributed by atoms with van der Waals surface area (Å²) in [6.45, 7) is 0.206. The molecule has 2 atom stereocenters. The van der Waals surface area contributed by atoms with Gasteiger partial charge in [0.2, 0.25) is 21.8 Å². The van der Waals surface area contributed by atoms with Gasteiger partial charge in [0.25, 0.3) is 0 Å². The topological polar surface area (TPSA) is 167 Å². The highest BCUT2D eigenvalue weighted by molar-refractivity contribution is 7.88. The Kier molecular flexibility index (Phi) is 12.6. The van der Waals surface area contributed by atoms with Gasteiger partial charge in [0.15, 0.2) is 0 Å². The Bertz CT molecular complexity index is 1670. The van der Waals surface area contributed by atoms with Gasteiger partial charge < -0.3 is 16.4 Å². The van der Waals surface area contributed by atoms with Gasteiger partial charge in [-0.25, -0.2) is 13.1 Å². The first-order chi connectivity index (χ1) is 22.2. The lowest BCUT2D eigenvalue weighted by Crippen LogP contribution is -2.53. The van der Waals surface area contributed by atoms with E-state index in [9.17, 15) is 18.0 Å². The first-order valence-electron chi connectivity index (χ1n) is 15.2. The van der Waals surface area contributed by atoms with E-state index in [1.54, 1.807) is 67.0 Å². The van der Waals surface area contributed by atoms with Crippen molar-refractivity contribution in [2.75, 3.05) is 0 Å². The summed E-state index contributed by atoms with van der Waals surface area (Å²) in [5.74, 6) is -1.28. The molecule has 0 spiro atoms. The minimum Gasteiger partial charge on any atom is -0.384 e. The molecule has 240 valence electrons. The molecule has 11 heteroatoms. The Balaban J connectivity index is 1.48. The van der Waals surface area contributed by atoms with Crippen LogP contribution in [0.4, 0.5) is 0 Å². The maximum atomic E-state index is 13.8. The minimum atomic E-state index is -3.90. The molecule has 3 aromatic carbocycles. The highest BCUT2D eigenvalue weighted by Gasteiger charge is 2.28. The molecule has 46 heavy (non-hydrogen) atoms. The van der Waals surface area contributed by atoms with Crippen LogP contribution in [0.2, 0.25) is 0 Å². The molecule has 0 saturated carbocycles. The lowest BCUT2D eigenvalue weighted by molar-refractivity contribution is -0.130. The van der Waals surface area contributed by atoms with Crippen molar-refractivity contribution in [3.63, 3.8) is 0 Å². The summed E-state index contributed by atoms with van der Waals surface area (Å²) >= 11 is 0. The SMILES string of the molecule is N=C(N)c1ccc(CNC(=O)C(CCCc2ccccc2)NC(=O)C(CCc2ccncc2)NS(=O)(=O)Cc2ccccc2)cc1. The van der Waals surface area contributed by atoms with Gasteiger partial charge in [-0.3, -0.25) is 20.0 Å². The van der Waals surface area contributed by atoms with Gasteiger partial charge in [0.1, 0.15) is 17.9 Å². The van der Waals surface area contributed by atoms with E-state index < -0.39 is 28.0 Å². The van der Waals surface area contributed by atoms with Crippen LogP contribution in [0.1, 0.15) is 47.1 Å². The van der Waals surface area contributed by atoms with Crippen LogP contribution in [0.25, 0.3) is 0 Å². The molecule has 1 aromatic heterocycles. The Morgan fingerprint density at radius 1 is 0.717 bits per heavy atom. The van der Waals surface area contributed by atoms with Gasteiger partial charge in [-0.2, -0.15) is 0 Å². The number of aryl methyl sites for hydroxylation is 2. The second-order valence-electron chi connectivity index (χ2n) is 11.1. The third-order valence-corrected chi connectivity index (χ3v) is 8.83. The number of hydrogen-bond donors (Lipinski definition) is 5. The van der Waals surface area contributed by atoms with Crippen molar-refractivity contribution in [1.82, 2.24) is 20.3 Å². The molecule has 4 rings (SSSR count). The number of hydrogen-bond acceptors (Lipinski definition) is 6. The predicted octanol–water partition coefficient (Wildman–Crippen LogP) is 3.61. The standard InChI is InChI=1S/C35H40N6O4S/c36-33(37)30-17-14-28(15-18-30)24-39-34(42)31(13-7-12-26-8-3-1-4-9-26)40-35(43)32(19-16-27-20-22-38-23-21-27)41-46(44,45)25-29-10-5-2-6-11-29/h1-6,8-11,14-15,17-18,20-23,31-32,41H,7,12-13,16,19,24-25H2,(H3,36,37)(H,39,42)(H,40,43). The van der Waals surface area contributed by atoms with Crippen LogP contribution in [-0.4, -0.2) is 43.1 Å². The van der Waals surface area contributed by atoms with Gasteiger partial charge in [-0.1, -0.05) is 84.9 Å². The number of benzene rings is 3. The number of carbonyl (C=O) groups is 2. The summed E-state index contributed by atoms with van der Waals surface area (Å²) in [5, 5.41) is 13.3. The summed E-state index contributed by atoms with van der Waals surface area (Å²) in [6.07, 6.45) is 5.58. The number of nitrogens with one attached hydrogen (secondary N) is 4. The molecule has 1 heterocycles. The van der Waals surface area contributed by atoms with E-state index in [2.05, 4.69) is 20.3 Å². The first-order valence-corrected chi connectivity index (χ1v) is 16.8. The van der Waals surface area contributed by atoms with E-state index in [4.69, 9.17) is 11.1 Å². The second kappa shape index (κ2) is 17.0. The molecule has 10 nitrogen and oxygen atoms in total. The van der Waals surface area contributed by atoms with E-state index >= 15 is 0 Å². The van der Waals surface area contributed by atoms with Gasteiger partial charge in [-0.15, -0.1) is 0 Å². The lowest BCUT2D eigenvalue weighted by atomic mass is 10.0. The summed E-state index contributed by atoms with van der Waals surface area (Å²) < 4.78 is 29.0. The van der Waals surface area contributed by atoms with Crippen molar-refractivity contribution < 1.29 is 18.0 Å². The first kappa shape index (κ1) is 34.0. The number of nitrogens with zero attached hydrogens (tertiary/aromatic N) is 1. The lowest BCUT2D eigenvalue weighted by Gasteiger charge is -2.23. The minimum absolute atomic E-state index is 0.0466. The van der Waals surface area contributed by atoms with Crippen molar-refractivity contribution in [3.05, 3.63) is 137 Å². The summed E-state index contributed by atoms with van der Waals surface area (Å²) in [7, 11) is -3.90. The third-order valence-electron chi connectivity index (χ3n) is 7.47. The zero-order chi connectivity index (χ0) is 32.8. The van der Waals surface area contributed by atoms with Crippen molar-refractivity contribution in [2.24, 2.45) is 5.73 Å². The van der Waals surface area contributed by atoms with Gasteiger partial charge in [-0.05, 0) is 66.5 Å². The Hall–Kier alpha value is -4.87. The quantitative estimate of drug-likeness (QED) is 0.0873. The van der Waals surface area contributed by atoms with Crippen LogP contribution in [0.3, 0.4) is 0 Å². The molecule has 2 unspecified atom stereocenters. The average molecular weight is 641 g/mol. The number of pyridine rings is 1. The van der Waals surface area contributed by atoms with Crippen molar-refractivity contribution in [1.29, 1.82) is 5.41 Å². The molecule has 4 aromatic rings. The third kappa shape index (κ3) is 11.2. The molecule has 6 N–H and O–H groups in total. The number of nitrogens with two attached hydrogens (primary N) is 1. The van der Waals surface area contributed by atoms with E-state index in [1.165, 1.54) is 0 Å². The summed E-state index contributed by atoms with van der Waals surface area (Å²) in [6, 6.07) is 27.2. The molecule has 0 saturated heterocycles. The number of aromatic nitrogens is 1. The van der Waals surface area contributed by atoms with Gasteiger partial charge in [0.05, 0.1) is 5.75 Å². The van der Waals surface area contributed by atoms with Crippen LogP contribution in [0.15, 0.2) is 109 Å². The summed E-state index contributed by atoms with van der Waals surface area (Å²) in [5.41, 5.74) is 9.54. The number of carbonyl (C=O) groups excluding carboxylic acids is 2. The zero-order valence-corrected chi connectivity index (χ0v) is 26.4. The van der Waals surface area contributed by atoms with E-state index in [0.717, 1.165) is 16.7 Å². The van der Waals surface area contributed by atoms with E-state index in [1.807, 2.05) is 42.5 Å². The molecule has 0 fully saturated rings. The molecule has 0 bridgehead atoms. The zero-order valence-electron chi connectivity index (χ0n) is 25.6. The Morgan fingerprint density at radius 3 is 1.96 bits per heavy atom. The fourth-order valence-corrected chi connectivity index (χ4v) is 6.34. The maximum Gasteiger partial charge on any atom is 0.242 e. The van der Waals surface area contributed by atoms with Crippen molar-refractivity contribution in [2.45, 2.75) is 56.5 Å². The highest BCUT2D eigenvalue weighted by Crippen LogP contribution is 2.12. The average Bonchev–Trinajstić information content (AvgIpc) is 3.06. The molecule has 0 radical (unpaired) electrons. The van der Waals surface area contributed by atoms with Crippen LogP contribution in [0, 0.1) is 5.41 Å². The fourth-order valence-electron chi connectivity index (χ4n) is 4.97. The monoisotopic (exact) mass is 640 g/mol. The number of sulfonamides is 1. The van der Waals surface area contributed by atoms with Crippen LogP contribution >= 0.6 is 0 Å². The normalized spacial score (nSPS) is 12.5. The molecule has 2 amide bonds. The van der Waals surface area contributed by atoms with Crippen LogP contribution in [0.5, 0.6) is 0 Å². The maximum absolute atomic E-state index is 13.8. The molecular formula is C35H40N6O4S. The fraction of sp³-hybridized carbons (Fsp3) is 0.257. The van der Waals surface area contributed by atoms with Gasteiger partial charge >= 0.3 is 0 Å². The highest BCUT2D eigenvalue weighted by atomic mass is 32.2. The van der Waals surface area contributed by atoms with Crippen molar-refractivity contribution >= 4 is 27.7 Å². The smallest absolute Gasteiger partial charge is 0.242 e. The van der Waals surface area contributed by atoms with Crippen LogP contribution in [-0.2, 0) is 44.8 Å². The molecule has 0 aliphatic rings. The number of rotatable bonds is 17. The van der Waals surface area contributed by atoms with E-state index in [-0.39, 0.29) is 30.5 Å². The van der Waals surface area contributed by atoms with Crippen LogP contribution < -0.4 is 21.1 Å². The van der Waals surface area contributed by atoms with E-state index in [0.29, 0.717) is 36.8 Å².